The predicted octanol–water partition coefficient (Wildman–Crippen LogP) is 3.22. The first-order valence-corrected chi connectivity index (χ1v) is 6.72. The molecule has 3 nitrogen and oxygen atoms in total. The van der Waals surface area contributed by atoms with E-state index in [0.717, 1.165) is 22.8 Å². The van der Waals surface area contributed by atoms with Crippen LogP contribution in [0.5, 0.6) is 0 Å². The van der Waals surface area contributed by atoms with E-state index < -0.39 is 0 Å². The molecule has 0 fully saturated rings. The molecule has 2 aromatic rings. The Hall–Kier alpha value is -2.42. The first kappa shape index (κ1) is 12.6. The number of nitrogens with zero attached hydrogens (tertiary/aromatic N) is 2. The van der Waals surface area contributed by atoms with Crippen molar-refractivity contribution < 1.29 is 0 Å². The fourth-order valence-electron chi connectivity index (χ4n) is 2.19. The zero-order valence-electron chi connectivity index (χ0n) is 11.7. The fraction of sp³-hybridized carbons (Fsp3) is 0.176. The van der Waals surface area contributed by atoms with Crippen LogP contribution in [0.4, 0.5) is 0 Å². The maximum atomic E-state index is 4.68. The lowest BCUT2D eigenvalue weighted by Gasteiger charge is -2.29. The van der Waals surface area contributed by atoms with Gasteiger partial charge in [0.15, 0.2) is 5.84 Å². The van der Waals surface area contributed by atoms with Crippen LogP contribution in [0, 0.1) is 0 Å². The average Bonchev–Trinajstić information content (AvgIpc) is 2.47. The second kappa shape index (κ2) is 4.93. The van der Waals surface area contributed by atoms with Gasteiger partial charge in [-0.1, -0.05) is 60.7 Å². The lowest BCUT2D eigenvalue weighted by molar-refractivity contribution is 0.480. The monoisotopic (exact) mass is 263 g/mol. The van der Waals surface area contributed by atoms with Crippen LogP contribution in [0.1, 0.15) is 25.0 Å². The van der Waals surface area contributed by atoms with Gasteiger partial charge in [-0.2, -0.15) is 0 Å². The number of benzene rings is 2. The minimum Gasteiger partial charge on any atom is -0.346 e. The molecule has 1 heterocycles. The Bertz CT molecular complexity index is 655. The maximum absolute atomic E-state index is 4.68. The molecular formula is C17H17N3. The minimum atomic E-state index is -0.363. The van der Waals surface area contributed by atoms with E-state index in [2.05, 4.69) is 27.4 Å². The molecule has 0 saturated heterocycles. The van der Waals surface area contributed by atoms with Gasteiger partial charge in [0.05, 0.1) is 0 Å². The maximum Gasteiger partial charge on any atom is 0.159 e. The SMILES string of the molecule is CC1(C)N=C(c2ccccc2)N=C(c2ccccc2)N1. The van der Waals surface area contributed by atoms with Crippen molar-refractivity contribution >= 4 is 11.7 Å². The highest BCUT2D eigenvalue weighted by Crippen LogP contribution is 2.17. The van der Waals surface area contributed by atoms with Crippen LogP contribution >= 0.6 is 0 Å². The summed E-state index contributed by atoms with van der Waals surface area (Å²) in [6.07, 6.45) is 0. The Balaban J connectivity index is 2.05. The molecule has 1 aliphatic rings. The third-order valence-electron chi connectivity index (χ3n) is 3.11. The van der Waals surface area contributed by atoms with Gasteiger partial charge in [-0.15, -0.1) is 0 Å². The zero-order valence-corrected chi connectivity index (χ0v) is 11.7. The Morgan fingerprint density at radius 1 is 0.800 bits per heavy atom. The van der Waals surface area contributed by atoms with Crippen LogP contribution in [0.2, 0.25) is 0 Å². The molecule has 20 heavy (non-hydrogen) atoms. The summed E-state index contributed by atoms with van der Waals surface area (Å²) < 4.78 is 0. The van der Waals surface area contributed by atoms with Gasteiger partial charge in [0.1, 0.15) is 11.5 Å². The van der Waals surface area contributed by atoms with Crippen LogP contribution in [0.25, 0.3) is 0 Å². The number of amidine groups is 2. The molecule has 3 heteroatoms. The molecule has 0 amide bonds. The number of nitrogens with one attached hydrogen (secondary N) is 1. The zero-order chi connectivity index (χ0) is 14.0. The summed E-state index contributed by atoms with van der Waals surface area (Å²) >= 11 is 0. The lowest BCUT2D eigenvalue weighted by Crippen LogP contribution is -2.46. The van der Waals surface area contributed by atoms with Crippen molar-refractivity contribution in [2.24, 2.45) is 9.98 Å². The molecule has 1 N–H and O–H groups in total. The number of rotatable bonds is 2. The van der Waals surface area contributed by atoms with Crippen molar-refractivity contribution in [3.8, 4) is 0 Å². The first-order valence-electron chi connectivity index (χ1n) is 6.72. The van der Waals surface area contributed by atoms with Crippen molar-refractivity contribution in [3.63, 3.8) is 0 Å². The molecule has 0 aliphatic carbocycles. The Morgan fingerprint density at radius 3 is 1.95 bits per heavy atom. The standard InChI is InChI=1S/C17H17N3/c1-17(2)19-15(13-9-5-3-6-10-13)18-16(20-17)14-11-7-4-8-12-14/h3-12H,1-2H3,(H,18,19,20). The summed E-state index contributed by atoms with van der Waals surface area (Å²) in [6, 6.07) is 20.2. The number of hydrogen-bond acceptors (Lipinski definition) is 3. The molecule has 0 atom stereocenters. The van der Waals surface area contributed by atoms with Crippen molar-refractivity contribution in [3.05, 3.63) is 71.8 Å². The summed E-state index contributed by atoms with van der Waals surface area (Å²) in [6.45, 7) is 4.10. The molecule has 2 aromatic carbocycles. The largest absolute Gasteiger partial charge is 0.346 e. The van der Waals surface area contributed by atoms with Crippen molar-refractivity contribution in [2.45, 2.75) is 19.5 Å². The second-order valence-electron chi connectivity index (χ2n) is 5.31. The van der Waals surface area contributed by atoms with Crippen LogP contribution in [-0.2, 0) is 0 Å². The number of aliphatic imine (C=N–C) groups is 2. The Morgan fingerprint density at radius 2 is 1.35 bits per heavy atom. The van der Waals surface area contributed by atoms with E-state index in [1.54, 1.807) is 0 Å². The van der Waals surface area contributed by atoms with Crippen molar-refractivity contribution in [2.75, 3.05) is 0 Å². The normalized spacial score (nSPS) is 16.9. The van der Waals surface area contributed by atoms with Crippen LogP contribution in [-0.4, -0.2) is 17.3 Å². The summed E-state index contributed by atoms with van der Waals surface area (Å²) in [5, 5.41) is 3.37. The van der Waals surface area contributed by atoms with E-state index in [0.29, 0.717) is 0 Å². The molecular weight excluding hydrogens is 246 g/mol. The van der Waals surface area contributed by atoms with Gasteiger partial charge >= 0.3 is 0 Å². The molecule has 0 aromatic heterocycles. The van der Waals surface area contributed by atoms with Crippen LogP contribution in [0.15, 0.2) is 70.6 Å². The van der Waals surface area contributed by atoms with Gasteiger partial charge in [-0.05, 0) is 13.8 Å². The topological polar surface area (TPSA) is 36.8 Å². The molecule has 1 aliphatic heterocycles. The summed E-state index contributed by atoms with van der Waals surface area (Å²) in [5.74, 6) is 1.64. The highest BCUT2D eigenvalue weighted by Gasteiger charge is 2.24. The summed E-state index contributed by atoms with van der Waals surface area (Å²) in [7, 11) is 0. The van der Waals surface area contributed by atoms with Gasteiger partial charge in [-0.25, -0.2) is 9.98 Å². The first-order chi connectivity index (χ1) is 9.64. The highest BCUT2D eigenvalue weighted by molar-refractivity contribution is 6.13. The third kappa shape index (κ3) is 2.62. The average molecular weight is 263 g/mol. The summed E-state index contributed by atoms with van der Waals surface area (Å²) in [4.78, 5) is 9.35. The van der Waals surface area contributed by atoms with Crippen LogP contribution in [0.3, 0.4) is 0 Å². The van der Waals surface area contributed by atoms with E-state index in [1.807, 2.05) is 62.4 Å². The lowest BCUT2D eigenvalue weighted by atomic mass is 10.1. The van der Waals surface area contributed by atoms with E-state index in [-0.39, 0.29) is 5.66 Å². The van der Waals surface area contributed by atoms with Crippen LogP contribution < -0.4 is 5.32 Å². The molecule has 0 saturated carbocycles. The van der Waals surface area contributed by atoms with Gasteiger partial charge in [-0.3, -0.25) is 0 Å². The second-order valence-corrected chi connectivity index (χ2v) is 5.31. The molecule has 0 spiro atoms. The Labute approximate surface area is 119 Å². The predicted molar refractivity (Wildman–Crippen MR) is 83.2 cm³/mol. The highest BCUT2D eigenvalue weighted by atomic mass is 15.2. The van der Waals surface area contributed by atoms with E-state index in [9.17, 15) is 0 Å². The summed E-state index contributed by atoms with van der Waals surface area (Å²) in [5.41, 5.74) is 1.75. The van der Waals surface area contributed by atoms with E-state index in [4.69, 9.17) is 0 Å². The van der Waals surface area contributed by atoms with Gasteiger partial charge in [0, 0.05) is 11.1 Å². The Kier molecular flexibility index (Phi) is 3.11. The molecule has 100 valence electrons. The number of hydrogen-bond donors (Lipinski definition) is 1. The molecule has 3 rings (SSSR count). The smallest absolute Gasteiger partial charge is 0.159 e. The van der Waals surface area contributed by atoms with Crippen molar-refractivity contribution in [1.82, 2.24) is 5.32 Å². The van der Waals surface area contributed by atoms with Crippen molar-refractivity contribution in [1.29, 1.82) is 0 Å². The van der Waals surface area contributed by atoms with Gasteiger partial charge in [0.25, 0.3) is 0 Å². The third-order valence-corrected chi connectivity index (χ3v) is 3.11. The van der Waals surface area contributed by atoms with Gasteiger partial charge in [0.2, 0.25) is 0 Å². The molecule has 0 bridgehead atoms. The molecule has 0 radical (unpaired) electrons. The van der Waals surface area contributed by atoms with E-state index >= 15 is 0 Å². The van der Waals surface area contributed by atoms with Gasteiger partial charge < -0.3 is 5.32 Å². The molecule has 0 unspecified atom stereocenters. The fourth-order valence-corrected chi connectivity index (χ4v) is 2.19. The quantitative estimate of drug-likeness (QED) is 0.887. The minimum absolute atomic E-state index is 0.363. The van der Waals surface area contributed by atoms with E-state index in [1.165, 1.54) is 0 Å².